The molecular formula is C24H20ClN5O2. The Bertz CT molecular complexity index is 1510. The smallest absolute Gasteiger partial charge is 0.280 e. The number of hydrogen-bond acceptors (Lipinski definition) is 4. The average Bonchev–Trinajstić information content (AvgIpc) is 2.80. The molecule has 4 rings (SSSR count). The second-order valence-electron chi connectivity index (χ2n) is 7.33. The Labute approximate surface area is 188 Å². The first kappa shape index (κ1) is 21.5. The first-order valence-electron chi connectivity index (χ1n) is 10.3. The van der Waals surface area contributed by atoms with Crippen LogP contribution in [-0.4, -0.2) is 19.9 Å². The number of rotatable bonds is 5. The molecule has 1 aromatic carbocycles. The van der Waals surface area contributed by atoms with Crippen molar-refractivity contribution in [3.63, 3.8) is 0 Å². The molecule has 8 heteroatoms. The monoisotopic (exact) mass is 445 g/mol. The van der Waals surface area contributed by atoms with E-state index in [-0.39, 0.29) is 27.2 Å². The van der Waals surface area contributed by atoms with E-state index >= 15 is 0 Å². The number of hydrogen-bond donors (Lipinski definition) is 0. The van der Waals surface area contributed by atoms with Crippen molar-refractivity contribution in [1.82, 2.24) is 14.0 Å². The summed E-state index contributed by atoms with van der Waals surface area (Å²) in [5.74, 6) is -0.562. The van der Waals surface area contributed by atoms with Crippen molar-refractivity contribution in [2.75, 3.05) is 0 Å². The van der Waals surface area contributed by atoms with Crippen molar-refractivity contribution in [3.05, 3.63) is 86.7 Å². The molecule has 3 heterocycles. The zero-order valence-corrected chi connectivity index (χ0v) is 18.2. The molecule has 160 valence electrons. The van der Waals surface area contributed by atoms with Crippen molar-refractivity contribution in [3.8, 4) is 6.07 Å². The van der Waals surface area contributed by atoms with Gasteiger partial charge in [-0.25, -0.2) is 4.98 Å². The number of benzene rings is 1. The summed E-state index contributed by atoms with van der Waals surface area (Å²) >= 11 is 6.17. The fourth-order valence-electron chi connectivity index (χ4n) is 3.60. The Balaban J connectivity index is 2.06. The summed E-state index contributed by atoms with van der Waals surface area (Å²) in [6, 6.07) is 15.4. The number of halogens is 1. The number of amides is 1. The number of fused-ring (bicyclic) bond motifs is 2. The van der Waals surface area contributed by atoms with Crippen molar-refractivity contribution in [2.24, 2.45) is 4.99 Å². The first-order chi connectivity index (χ1) is 15.5. The maximum absolute atomic E-state index is 13.1. The zero-order valence-electron chi connectivity index (χ0n) is 17.5. The minimum absolute atomic E-state index is 0.129. The first-order valence-corrected chi connectivity index (χ1v) is 10.7. The Morgan fingerprint density at radius 3 is 2.72 bits per heavy atom. The fraction of sp³-hybridized carbons (Fsp3) is 0.208. The Kier molecular flexibility index (Phi) is 6.15. The van der Waals surface area contributed by atoms with Gasteiger partial charge in [0.15, 0.2) is 5.49 Å². The molecule has 7 nitrogen and oxygen atoms in total. The maximum atomic E-state index is 13.1. The number of carbonyl (C=O) groups is 1. The van der Waals surface area contributed by atoms with Crippen LogP contribution in [0.2, 0.25) is 5.02 Å². The lowest BCUT2D eigenvalue weighted by Crippen LogP contribution is -2.29. The second-order valence-corrected chi connectivity index (χ2v) is 7.74. The molecule has 0 saturated heterocycles. The van der Waals surface area contributed by atoms with Crippen LogP contribution in [0.4, 0.5) is 0 Å². The van der Waals surface area contributed by atoms with Gasteiger partial charge in [-0.2, -0.15) is 10.3 Å². The van der Waals surface area contributed by atoms with Crippen LogP contribution in [-0.2, 0) is 6.54 Å². The predicted molar refractivity (Wildman–Crippen MR) is 123 cm³/mol. The number of pyridine rings is 2. The number of nitriles is 1. The lowest BCUT2D eigenvalue weighted by atomic mass is 10.2. The third-order valence-electron chi connectivity index (χ3n) is 5.21. The molecule has 0 saturated carbocycles. The summed E-state index contributed by atoms with van der Waals surface area (Å²) in [6.45, 7) is 2.54. The van der Waals surface area contributed by atoms with E-state index in [2.05, 4.69) is 23.0 Å². The van der Waals surface area contributed by atoms with E-state index in [0.29, 0.717) is 23.2 Å². The number of aromatic nitrogens is 3. The zero-order chi connectivity index (χ0) is 22.7. The van der Waals surface area contributed by atoms with Gasteiger partial charge in [0.25, 0.3) is 11.5 Å². The second kappa shape index (κ2) is 9.16. The molecule has 3 aromatic heterocycles. The normalized spacial score (nSPS) is 11.7. The molecule has 32 heavy (non-hydrogen) atoms. The Morgan fingerprint density at radius 1 is 1.19 bits per heavy atom. The molecule has 0 radical (unpaired) electrons. The molecule has 0 bridgehead atoms. The summed E-state index contributed by atoms with van der Waals surface area (Å²) in [5.41, 5.74) is 1.13. The Hall–Kier alpha value is -3.76. The molecule has 1 amide bonds. The summed E-state index contributed by atoms with van der Waals surface area (Å²) in [6.07, 6.45) is 4.34. The van der Waals surface area contributed by atoms with Gasteiger partial charge in [0, 0.05) is 12.7 Å². The van der Waals surface area contributed by atoms with Gasteiger partial charge in [-0.3, -0.25) is 14.0 Å². The molecule has 0 atom stereocenters. The molecule has 4 aromatic rings. The van der Waals surface area contributed by atoms with Crippen LogP contribution >= 0.6 is 11.6 Å². The summed E-state index contributed by atoms with van der Waals surface area (Å²) in [7, 11) is 0. The molecule has 0 fully saturated rings. The molecule has 0 aliphatic heterocycles. The highest BCUT2D eigenvalue weighted by molar-refractivity contribution is 6.33. The van der Waals surface area contributed by atoms with Gasteiger partial charge >= 0.3 is 0 Å². The third kappa shape index (κ3) is 3.93. The molecule has 0 spiro atoms. The van der Waals surface area contributed by atoms with Crippen LogP contribution in [0.3, 0.4) is 0 Å². The summed E-state index contributed by atoms with van der Waals surface area (Å²) < 4.78 is 3.14. The molecule has 0 N–H and O–H groups in total. The van der Waals surface area contributed by atoms with Crippen molar-refractivity contribution >= 4 is 34.2 Å². The lowest BCUT2D eigenvalue weighted by molar-refractivity contribution is 0.0997. The van der Waals surface area contributed by atoms with Gasteiger partial charge in [-0.1, -0.05) is 49.6 Å². The molecule has 0 aliphatic rings. The predicted octanol–water partition coefficient (Wildman–Crippen LogP) is 4.11. The Morgan fingerprint density at radius 2 is 1.97 bits per heavy atom. The molecule has 0 unspecified atom stereocenters. The number of nitrogens with zero attached hydrogens (tertiary/aromatic N) is 5. The van der Waals surface area contributed by atoms with Crippen LogP contribution < -0.4 is 11.0 Å². The number of carbonyl (C=O) groups excluding carboxylic acids is 1. The molecule has 0 aliphatic carbocycles. The van der Waals surface area contributed by atoms with Crippen molar-refractivity contribution in [1.29, 1.82) is 5.26 Å². The van der Waals surface area contributed by atoms with Gasteiger partial charge in [0.2, 0.25) is 0 Å². The maximum Gasteiger partial charge on any atom is 0.280 e. The van der Waals surface area contributed by atoms with Gasteiger partial charge < -0.3 is 4.57 Å². The van der Waals surface area contributed by atoms with E-state index in [0.717, 1.165) is 19.3 Å². The van der Waals surface area contributed by atoms with E-state index in [1.165, 1.54) is 10.5 Å². The third-order valence-corrected chi connectivity index (χ3v) is 5.54. The largest absolute Gasteiger partial charge is 0.309 e. The van der Waals surface area contributed by atoms with Crippen LogP contribution in [0.1, 0.15) is 42.1 Å². The standard InChI is InChI=1S/C24H20ClN5O2/c1-2-3-7-13-30-21(28-23(31)17-9-4-5-10-19(17)25)16(15-26)14-18-22(30)27-20-11-6-8-12-29(20)24(18)32/h4-6,8-12,14H,2-3,7,13H2,1H3. The quantitative estimate of drug-likeness (QED) is 0.341. The number of unbranched alkanes of at least 4 members (excludes halogenated alkanes) is 2. The van der Waals surface area contributed by atoms with Crippen LogP contribution in [0, 0.1) is 11.3 Å². The van der Waals surface area contributed by atoms with Crippen LogP contribution in [0.15, 0.2) is 64.5 Å². The van der Waals surface area contributed by atoms with Gasteiger partial charge in [-0.05, 0) is 36.8 Å². The van der Waals surface area contributed by atoms with Gasteiger partial charge in [0.05, 0.1) is 21.5 Å². The highest BCUT2D eigenvalue weighted by Crippen LogP contribution is 2.16. The molecular weight excluding hydrogens is 426 g/mol. The van der Waals surface area contributed by atoms with E-state index in [1.807, 2.05) is 0 Å². The van der Waals surface area contributed by atoms with E-state index < -0.39 is 5.91 Å². The average molecular weight is 446 g/mol. The highest BCUT2D eigenvalue weighted by Gasteiger charge is 2.16. The van der Waals surface area contributed by atoms with Crippen molar-refractivity contribution in [2.45, 2.75) is 32.7 Å². The van der Waals surface area contributed by atoms with E-state index in [1.54, 1.807) is 53.2 Å². The topological polar surface area (TPSA) is 92.5 Å². The minimum atomic E-state index is -0.562. The summed E-state index contributed by atoms with van der Waals surface area (Å²) in [5, 5.41) is 10.4. The number of aryl methyl sites for hydroxylation is 1. The van der Waals surface area contributed by atoms with Crippen molar-refractivity contribution < 1.29 is 4.79 Å². The highest BCUT2D eigenvalue weighted by atomic mass is 35.5. The fourth-order valence-corrected chi connectivity index (χ4v) is 3.82. The lowest BCUT2D eigenvalue weighted by Gasteiger charge is -2.13. The van der Waals surface area contributed by atoms with E-state index in [4.69, 9.17) is 11.6 Å². The van der Waals surface area contributed by atoms with Gasteiger partial charge in [-0.15, -0.1) is 0 Å². The van der Waals surface area contributed by atoms with Crippen LogP contribution in [0.5, 0.6) is 0 Å². The van der Waals surface area contributed by atoms with Crippen LogP contribution in [0.25, 0.3) is 16.7 Å². The summed E-state index contributed by atoms with van der Waals surface area (Å²) in [4.78, 5) is 35.0. The SMILES string of the molecule is CCCCCn1c(=NC(=O)c2ccccc2Cl)c(C#N)cc2c(=O)n3ccccc3nc21. The van der Waals surface area contributed by atoms with Gasteiger partial charge in [0.1, 0.15) is 17.4 Å². The van der Waals surface area contributed by atoms with E-state index in [9.17, 15) is 14.9 Å². The minimum Gasteiger partial charge on any atom is -0.309 e.